The van der Waals surface area contributed by atoms with E-state index in [0.29, 0.717) is 0 Å². The molecule has 1 saturated heterocycles. The third kappa shape index (κ3) is 1.46. The number of fused-ring (bicyclic) bond motifs is 1. The predicted octanol–water partition coefficient (Wildman–Crippen LogP) is 2.16. The van der Waals surface area contributed by atoms with E-state index in [2.05, 4.69) is 4.98 Å². The third-order valence-corrected chi connectivity index (χ3v) is 3.08. The number of anilines is 1. The number of aromatic nitrogens is 2. The number of nitrogen functional groups attached to an aromatic ring is 1. The van der Waals surface area contributed by atoms with E-state index in [-0.39, 0.29) is 6.10 Å². The maximum absolute atomic E-state index is 5.98. The number of hydrogen-bond donors (Lipinski definition) is 1. The van der Waals surface area contributed by atoms with Gasteiger partial charge in [0.25, 0.3) is 0 Å². The minimum Gasteiger partial charge on any atom is -0.385 e. The van der Waals surface area contributed by atoms with Gasteiger partial charge in [-0.1, -0.05) is 6.07 Å². The Labute approximate surface area is 94.0 Å². The maximum Gasteiger partial charge on any atom is 0.144 e. The Hall–Kier alpha value is -1.55. The fraction of sp³-hybridized carbons (Fsp3) is 0.417. The minimum absolute atomic E-state index is 0.0981. The van der Waals surface area contributed by atoms with Gasteiger partial charge >= 0.3 is 0 Å². The molecule has 3 heterocycles. The standard InChI is InChI=1S/C12H15N3O/c13-11-6-3-4-9-8-14-12(15(9)11)10-5-1-2-7-16-10/h3-4,6,8,10H,1-2,5,7,13H2. The highest BCUT2D eigenvalue weighted by atomic mass is 16.5. The Balaban J connectivity index is 2.09. The quantitative estimate of drug-likeness (QED) is 0.796. The monoisotopic (exact) mass is 217 g/mol. The van der Waals surface area contributed by atoms with Gasteiger partial charge in [0, 0.05) is 6.61 Å². The number of ether oxygens (including phenoxy) is 1. The number of pyridine rings is 1. The molecule has 1 aliphatic heterocycles. The summed E-state index contributed by atoms with van der Waals surface area (Å²) in [4.78, 5) is 4.44. The van der Waals surface area contributed by atoms with Crippen molar-refractivity contribution in [1.29, 1.82) is 0 Å². The molecule has 1 aliphatic rings. The Morgan fingerprint density at radius 2 is 2.31 bits per heavy atom. The molecule has 0 aromatic carbocycles. The molecule has 3 rings (SSSR count). The number of imidazole rings is 1. The van der Waals surface area contributed by atoms with Crippen LogP contribution < -0.4 is 5.73 Å². The lowest BCUT2D eigenvalue weighted by atomic mass is 10.1. The molecule has 1 atom stereocenters. The van der Waals surface area contributed by atoms with Crippen LogP contribution in [0.4, 0.5) is 5.82 Å². The van der Waals surface area contributed by atoms with Crippen molar-refractivity contribution in [3.8, 4) is 0 Å². The zero-order chi connectivity index (χ0) is 11.0. The molecule has 0 bridgehead atoms. The van der Waals surface area contributed by atoms with E-state index in [9.17, 15) is 0 Å². The van der Waals surface area contributed by atoms with Crippen LogP contribution in [0, 0.1) is 0 Å². The summed E-state index contributed by atoms with van der Waals surface area (Å²) in [5.41, 5.74) is 7.01. The van der Waals surface area contributed by atoms with Crippen LogP contribution in [-0.4, -0.2) is 16.0 Å². The molecule has 4 heteroatoms. The maximum atomic E-state index is 5.98. The lowest BCUT2D eigenvalue weighted by Gasteiger charge is -2.21. The molecular weight excluding hydrogens is 202 g/mol. The van der Waals surface area contributed by atoms with E-state index in [1.165, 1.54) is 6.42 Å². The van der Waals surface area contributed by atoms with Gasteiger partial charge in [0.15, 0.2) is 0 Å². The van der Waals surface area contributed by atoms with Crippen LogP contribution >= 0.6 is 0 Å². The van der Waals surface area contributed by atoms with Gasteiger partial charge in [0.1, 0.15) is 17.7 Å². The smallest absolute Gasteiger partial charge is 0.144 e. The fourth-order valence-corrected chi connectivity index (χ4v) is 2.27. The second-order valence-electron chi connectivity index (χ2n) is 4.18. The highest BCUT2D eigenvalue weighted by Gasteiger charge is 2.21. The summed E-state index contributed by atoms with van der Waals surface area (Å²) < 4.78 is 7.73. The number of nitrogens with two attached hydrogens (primary N) is 1. The first kappa shape index (κ1) is 9.66. The van der Waals surface area contributed by atoms with Crippen molar-refractivity contribution < 1.29 is 4.74 Å². The van der Waals surface area contributed by atoms with E-state index < -0.39 is 0 Å². The molecule has 0 amide bonds. The van der Waals surface area contributed by atoms with Gasteiger partial charge < -0.3 is 10.5 Å². The molecule has 2 N–H and O–H groups in total. The van der Waals surface area contributed by atoms with E-state index in [4.69, 9.17) is 10.5 Å². The Bertz CT molecular complexity index is 500. The zero-order valence-electron chi connectivity index (χ0n) is 9.10. The molecule has 0 saturated carbocycles. The summed E-state index contributed by atoms with van der Waals surface area (Å²) in [5.74, 6) is 1.66. The summed E-state index contributed by atoms with van der Waals surface area (Å²) >= 11 is 0. The van der Waals surface area contributed by atoms with Crippen molar-refractivity contribution in [2.24, 2.45) is 0 Å². The van der Waals surface area contributed by atoms with Crippen LogP contribution in [0.5, 0.6) is 0 Å². The lowest BCUT2D eigenvalue weighted by molar-refractivity contribution is 0.00926. The highest BCUT2D eigenvalue weighted by molar-refractivity contribution is 5.53. The number of nitrogens with zero attached hydrogens (tertiary/aromatic N) is 2. The molecule has 84 valence electrons. The summed E-state index contributed by atoms with van der Waals surface area (Å²) in [6.07, 6.45) is 5.33. The molecule has 0 spiro atoms. The fourth-order valence-electron chi connectivity index (χ4n) is 2.27. The minimum atomic E-state index is 0.0981. The molecule has 1 fully saturated rings. The number of rotatable bonds is 1. The van der Waals surface area contributed by atoms with Crippen molar-refractivity contribution in [3.05, 3.63) is 30.2 Å². The van der Waals surface area contributed by atoms with Crippen molar-refractivity contribution in [2.75, 3.05) is 12.3 Å². The first-order valence-electron chi connectivity index (χ1n) is 5.70. The summed E-state index contributed by atoms with van der Waals surface area (Å²) in [7, 11) is 0. The van der Waals surface area contributed by atoms with E-state index in [1.54, 1.807) is 0 Å². The molecule has 2 aromatic rings. The first-order valence-corrected chi connectivity index (χ1v) is 5.70. The normalized spacial score (nSPS) is 21.4. The average Bonchev–Trinajstić information content (AvgIpc) is 2.75. The SMILES string of the molecule is Nc1cccc2cnc(C3CCCCO3)n12. The molecule has 16 heavy (non-hydrogen) atoms. The van der Waals surface area contributed by atoms with E-state index >= 15 is 0 Å². The Morgan fingerprint density at radius 1 is 1.38 bits per heavy atom. The lowest BCUT2D eigenvalue weighted by Crippen LogP contribution is -2.15. The van der Waals surface area contributed by atoms with E-state index in [1.807, 2.05) is 28.8 Å². The van der Waals surface area contributed by atoms with Gasteiger partial charge in [0.05, 0.1) is 11.7 Å². The van der Waals surface area contributed by atoms with Gasteiger partial charge in [0.2, 0.25) is 0 Å². The second kappa shape index (κ2) is 3.79. The molecule has 2 aromatic heterocycles. The van der Waals surface area contributed by atoms with Crippen LogP contribution in [0.2, 0.25) is 0 Å². The predicted molar refractivity (Wildman–Crippen MR) is 62.1 cm³/mol. The van der Waals surface area contributed by atoms with Crippen LogP contribution in [0.15, 0.2) is 24.4 Å². The molecule has 1 unspecified atom stereocenters. The third-order valence-electron chi connectivity index (χ3n) is 3.08. The topological polar surface area (TPSA) is 52.5 Å². The van der Waals surface area contributed by atoms with E-state index in [0.717, 1.165) is 36.6 Å². The highest BCUT2D eigenvalue weighted by Crippen LogP contribution is 2.28. The van der Waals surface area contributed by atoms with Gasteiger partial charge in [-0.05, 0) is 31.4 Å². The van der Waals surface area contributed by atoms with Crippen LogP contribution in [0.25, 0.3) is 5.52 Å². The van der Waals surface area contributed by atoms with Crippen molar-refractivity contribution in [2.45, 2.75) is 25.4 Å². The van der Waals surface area contributed by atoms with Crippen molar-refractivity contribution in [3.63, 3.8) is 0 Å². The average molecular weight is 217 g/mol. The summed E-state index contributed by atoms with van der Waals surface area (Å²) in [6.45, 7) is 0.826. The molecular formula is C12H15N3O. The number of hydrogen-bond acceptors (Lipinski definition) is 3. The summed E-state index contributed by atoms with van der Waals surface area (Å²) in [6, 6.07) is 5.84. The largest absolute Gasteiger partial charge is 0.385 e. The van der Waals surface area contributed by atoms with Crippen molar-refractivity contribution >= 4 is 11.3 Å². The van der Waals surface area contributed by atoms with Gasteiger partial charge in [-0.25, -0.2) is 4.98 Å². The second-order valence-corrected chi connectivity index (χ2v) is 4.18. The Morgan fingerprint density at radius 3 is 3.12 bits per heavy atom. The Kier molecular flexibility index (Phi) is 2.29. The molecule has 0 aliphatic carbocycles. The zero-order valence-corrected chi connectivity index (χ0v) is 9.10. The van der Waals surface area contributed by atoms with Crippen LogP contribution in [0.1, 0.15) is 31.2 Å². The van der Waals surface area contributed by atoms with Gasteiger partial charge in [-0.3, -0.25) is 4.40 Å². The van der Waals surface area contributed by atoms with Crippen LogP contribution in [-0.2, 0) is 4.74 Å². The van der Waals surface area contributed by atoms with Crippen molar-refractivity contribution in [1.82, 2.24) is 9.38 Å². The summed E-state index contributed by atoms with van der Waals surface area (Å²) in [5, 5.41) is 0. The molecule has 0 radical (unpaired) electrons. The van der Waals surface area contributed by atoms with Gasteiger partial charge in [-0.2, -0.15) is 0 Å². The van der Waals surface area contributed by atoms with Crippen LogP contribution in [0.3, 0.4) is 0 Å². The van der Waals surface area contributed by atoms with Gasteiger partial charge in [-0.15, -0.1) is 0 Å². The molecule has 4 nitrogen and oxygen atoms in total. The first-order chi connectivity index (χ1) is 7.86.